The summed E-state index contributed by atoms with van der Waals surface area (Å²) >= 11 is 0. The highest BCUT2D eigenvalue weighted by Crippen LogP contribution is 2.20. The molecular weight excluding hydrogens is 293 g/mol. The third-order valence-corrected chi connectivity index (χ3v) is 3.51. The Bertz CT molecular complexity index is 673. The number of hydrogen-bond donors (Lipinski definition) is 1. The Kier molecular flexibility index (Phi) is 5.68. The van der Waals surface area contributed by atoms with Crippen LogP contribution in [0.15, 0.2) is 42.6 Å². The van der Waals surface area contributed by atoms with Gasteiger partial charge in [-0.15, -0.1) is 0 Å². The smallest absolute Gasteiger partial charge is 0.257 e. The molecule has 1 aromatic carbocycles. The Morgan fingerprint density at radius 1 is 1.30 bits per heavy atom. The fourth-order valence-corrected chi connectivity index (χ4v) is 2.14. The number of rotatable bonds is 6. The maximum absolute atomic E-state index is 13.3. The zero-order valence-corrected chi connectivity index (χ0v) is 13.7. The third kappa shape index (κ3) is 4.77. The molecule has 0 bridgehead atoms. The number of nitrogens with zero attached hydrogens (tertiary/aromatic N) is 2. The number of aromatic nitrogens is 1. The lowest BCUT2D eigenvalue weighted by Crippen LogP contribution is -2.29. The highest BCUT2D eigenvalue weighted by Gasteiger charge is 2.17. The average molecular weight is 315 g/mol. The van der Waals surface area contributed by atoms with Gasteiger partial charge in [0.1, 0.15) is 11.6 Å². The Morgan fingerprint density at radius 2 is 2.09 bits per heavy atom. The summed E-state index contributed by atoms with van der Waals surface area (Å²) in [6.45, 7) is 4.93. The highest BCUT2D eigenvalue weighted by atomic mass is 19.1. The van der Waals surface area contributed by atoms with Gasteiger partial charge >= 0.3 is 0 Å². The monoisotopic (exact) mass is 315 g/mol. The van der Waals surface area contributed by atoms with Gasteiger partial charge in [0.05, 0.1) is 5.56 Å². The van der Waals surface area contributed by atoms with Gasteiger partial charge in [-0.1, -0.05) is 19.9 Å². The van der Waals surface area contributed by atoms with E-state index >= 15 is 0 Å². The standard InChI is InChI=1S/C18H22FN3O/c1-13(2)9-11-22(3)18(23)16-8-5-10-20-17(16)21-15-7-4-6-14(19)12-15/h4-8,10,12-13H,9,11H2,1-3H3,(H,20,21). The van der Waals surface area contributed by atoms with Crippen molar-refractivity contribution < 1.29 is 9.18 Å². The molecule has 1 N–H and O–H groups in total. The molecule has 0 saturated carbocycles. The fraction of sp³-hybridized carbons (Fsp3) is 0.333. The molecule has 0 fully saturated rings. The van der Waals surface area contributed by atoms with Crippen LogP contribution in [0.1, 0.15) is 30.6 Å². The summed E-state index contributed by atoms with van der Waals surface area (Å²) in [5, 5.41) is 3.02. The van der Waals surface area contributed by atoms with E-state index in [0.717, 1.165) is 6.42 Å². The van der Waals surface area contributed by atoms with Gasteiger partial charge in [0.15, 0.2) is 0 Å². The van der Waals surface area contributed by atoms with Crippen LogP contribution < -0.4 is 5.32 Å². The minimum absolute atomic E-state index is 0.0994. The Labute approximate surface area is 136 Å². The highest BCUT2D eigenvalue weighted by molar-refractivity contribution is 5.99. The summed E-state index contributed by atoms with van der Waals surface area (Å²) in [4.78, 5) is 18.5. The molecule has 4 nitrogen and oxygen atoms in total. The molecule has 0 saturated heterocycles. The van der Waals surface area contributed by atoms with Crippen molar-refractivity contribution >= 4 is 17.4 Å². The van der Waals surface area contributed by atoms with E-state index in [-0.39, 0.29) is 11.7 Å². The second-order valence-electron chi connectivity index (χ2n) is 5.94. The Morgan fingerprint density at radius 3 is 2.78 bits per heavy atom. The lowest BCUT2D eigenvalue weighted by atomic mass is 10.1. The predicted molar refractivity (Wildman–Crippen MR) is 90.3 cm³/mol. The van der Waals surface area contributed by atoms with Crippen LogP contribution in [0.2, 0.25) is 0 Å². The number of carbonyl (C=O) groups excluding carboxylic acids is 1. The molecule has 1 aromatic heterocycles. The summed E-state index contributed by atoms with van der Waals surface area (Å²) in [5.74, 6) is 0.522. The largest absolute Gasteiger partial charge is 0.342 e. The molecule has 1 amide bonds. The van der Waals surface area contributed by atoms with E-state index in [1.807, 2.05) is 0 Å². The van der Waals surface area contributed by atoms with Crippen LogP contribution in [-0.4, -0.2) is 29.4 Å². The summed E-state index contributed by atoms with van der Waals surface area (Å²) < 4.78 is 13.3. The SMILES string of the molecule is CC(C)CCN(C)C(=O)c1cccnc1Nc1cccc(F)c1. The number of pyridine rings is 1. The molecule has 0 aliphatic carbocycles. The van der Waals surface area contributed by atoms with Gasteiger partial charge in [0.2, 0.25) is 0 Å². The summed E-state index contributed by atoms with van der Waals surface area (Å²) in [7, 11) is 1.78. The topological polar surface area (TPSA) is 45.2 Å². The van der Waals surface area contributed by atoms with Crippen molar-refractivity contribution in [1.82, 2.24) is 9.88 Å². The zero-order chi connectivity index (χ0) is 16.8. The molecule has 5 heteroatoms. The van der Waals surface area contributed by atoms with Crippen LogP contribution in [0.5, 0.6) is 0 Å². The van der Waals surface area contributed by atoms with Crippen molar-refractivity contribution in [3.8, 4) is 0 Å². The van der Waals surface area contributed by atoms with Crippen LogP contribution in [0, 0.1) is 11.7 Å². The van der Waals surface area contributed by atoms with Gasteiger partial charge in [0, 0.05) is 25.5 Å². The maximum Gasteiger partial charge on any atom is 0.257 e. The average Bonchev–Trinajstić information content (AvgIpc) is 2.52. The molecule has 2 aromatic rings. The Balaban J connectivity index is 2.18. The van der Waals surface area contributed by atoms with E-state index in [0.29, 0.717) is 29.5 Å². The van der Waals surface area contributed by atoms with Crippen molar-refractivity contribution in [2.24, 2.45) is 5.92 Å². The van der Waals surface area contributed by atoms with Gasteiger partial charge in [-0.05, 0) is 42.7 Å². The lowest BCUT2D eigenvalue weighted by molar-refractivity contribution is 0.0790. The normalized spacial score (nSPS) is 10.7. The summed E-state index contributed by atoms with van der Waals surface area (Å²) in [6, 6.07) is 9.52. The van der Waals surface area contributed by atoms with Crippen LogP contribution >= 0.6 is 0 Å². The molecule has 0 radical (unpaired) electrons. The van der Waals surface area contributed by atoms with Crippen molar-refractivity contribution in [3.63, 3.8) is 0 Å². The molecule has 0 unspecified atom stereocenters. The first-order valence-electron chi connectivity index (χ1n) is 7.70. The number of nitrogens with one attached hydrogen (secondary N) is 1. The summed E-state index contributed by atoms with van der Waals surface area (Å²) in [5.41, 5.74) is 1.03. The van der Waals surface area contributed by atoms with Crippen molar-refractivity contribution in [1.29, 1.82) is 0 Å². The molecule has 122 valence electrons. The van der Waals surface area contributed by atoms with E-state index in [1.54, 1.807) is 42.4 Å². The predicted octanol–water partition coefficient (Wildman–Crippen LogP) is 4.08. The van der Waals surface area contributed by atoms with Gasteiger partial charge in [0.25, 0.3) is 5.91 Å². The molecular formula is C18H22FN3O. The van der Waals surface area contributed by atoms with Crippen molar-refractivity contribution in [2.45, 2.75) is 20.3 Å². The second kappa shape index (κ2) is 7.72. The summed E-state index contributed by atoms with van der Waals surface area (Å²) in [6.07, 6.45) is 2.54. The minimum atomic E-state index is -0.340. The first-order chi connectivity index (χ1) is 11.0. The van der Waals surface area contributed by atoms with Gasteiger partial charge in [-0.25, -0.2) is 9.37 Å². The van der Waals surface area contributed by atoms with Gasteiger partial charge in [-0.3, -0.25) is 4.79 Å². The van der Waals surface area contributed by atoms with Crippen molar-refractivity contribution in [3.05, 3.63) is 54.0 Å². The number of amides is 1. The van der Waals surface area contributed by atoms with E-state index in [4.69, 9.17) is 0 Å². The van der Waals surface area contributed by atoms with Crippen LogP contribution in [0.25, 0.3) is 0 Å². The Hall–Kier alpha value is -2.43. The van der Waals surface area contributed by atoms with Gasteiger partial charge < -0.3 is 10.2 Å². The number of carbonyl (C=O) groups is 1. The first-order valence-corrected chi connectivity index (χ1v) is 7.70. The van der Waals surface area contributed by atoms with E-state index in [2.05, 4.69) is 24.1 Å². The van der Waals surface area contributed by atoms with Crippen molar-refractivity contribution in [2.75, 3.05) is 18.9 Å². The second-order valence-corrected chi connectivity index (χ2v) is 5.94. The molecule has 2 rings (SSSR count). The molecule has 1 heterocycles. The van der Waals surface area contributed by atoms with Crippen LogP contribution in [0.4, 0.5) is 15.9 Å². The molecule has 0 spiro atoms. The number of benzene rings is 1. The maximum atomic E-state index is 13.3. The molecule has 0 aliphatic heterocycles. The van der Waals surface area contributed by atoms with Crippen LogP contribution in [-0.2, 0) is 0 Å². The molecule has 23 heavy (non-hydrogen) atoms. The minimum Gasteiger partial charge on any atom is -0.342 e. The third-order valence-electron chi connectivity index (χ3n) is 3.51. The number of hydrogen-bond acceptors (Lipinski definition) is 3. The zero-order valence-electron chi connectivity index (χ0n) is 13.7. The number of anilines is 2. The fourth-order valence-electron chi connectivity index (χ4n) is 2.14. The van der Waals surface area contributed by atoms with E-state index < -0.39 is 0 Å². The van der Waals surface area contributed by atoms with E-state index in [1.165, 1.54) is 12.1 Å². The van der Waals surface area contributed by atoms with Gasteiger partial charge in [-0.2, -0.15) is 0 Å². The number of halogens is 1. The molecule has 0 atom stereocenters. The van der Waals surface area contributed by atoms with Crippen LogP contribution in [0.3, 0.4) is 0 Å². The molecule has 0 aliphatic rings. The lowest BCUT2D eigenvalue weighted by Gasteiger charge is -2.20. The quantitative estimate of drug-likeness (QED) is 0.873. The van der Waals surface area contributed by atoms with E-state index in [9.17, 15) is 9.18 Å². The first kappa shape index (κ1) is 16.9.